The molecule has 5 nitrogen and oxygen atoms in total. The van der Waals surface area contributed by atoms with Gasteiger partial charge in [-0.1, -0.05) is 24.3 Å². The predicted molar refractivity (Wildman–Crippen MR) is 119 cm³/mol. The number of hydrogen-bond donors (Lipinski definition) is 0. The van der Waals surface area contributed by atoms with Crippen LogP contribution in [-0.4, -0.2) is 58.7 Å². The number of likely N-dealkylation sites (tertiary alicyclic amines) is 1. The van der Waals surface area contributed by atoms with Crippen LogP contribution in [0.1, 0.15) is 18.4 Å². The van der Waals surface area contributed by atoms with Crippen molar-refractivity contribution >= 4 is 23.3 Å². The Morgan fingerprint density at radius 2 is 1.90 bits per heavy atom. The Hall–Kier alpha value is -2.41. The summed E-state index contributed by atoms with van der Waals surface area (Å²) in [5.41, 5.74) is 2.84. The number of aromatic nitrogens is 2. The number of likely N-dealkylation sites (N-methyl/N-ethyl adjacent to an activating group) is 1. The largest absolute Gasteiger partial charge is 1.00 e. The Morgan fingerprint density at radius 3 is 2.57 bits per heavy atom. The first-order chi connectivity index (χ1) is 14.1. The van der Waals surface area contributed by atoms with Crippen LogP contribution in [-0.2, 0) is 4.79 Å². The lowest BCUT2D eigenvalue weighted by atomic mass is 10.0. The van der Waals surface area contributed by atoms with E-state index in [-0.39, 0.29) is 18.3 Å². The van der Waals surface area contributed by atoms with Crippen LogP contribution in [0.25, 0.3) is 22.3 Å². The molecule has 0 saturated carbocycles. The highest BCUT2D eigenvalue weighted by Crippen LogP contribution is 2.28. The molecular weight excluding hydrogens is 416 g/mol. The van der Waals surface area contributed by atoms with Crippen LogP contribution in [0.5, 0.6) is 0 Å². The van der Waals surface area contributed by atoms with E-state index in [0.29, 0.717) is 6.04 Å². The normalized spacial score (nSPS) is 15.3. The third-order valence-corrected chi connectivity index (χ3v) is 6.38. The van der Waals surface area contributed by atoms with Crippen molar-refractivity contribution in [3.05, 3.63) is 65.7 Å². The van der Waals surface area contributed by atoms with Gasteiger partial charge in [0.25, 0.3) is 0 Å². The van der Waals surface area contributed by atoms with Crippen LogP contribution in [0.2, 0.25) is 0 Å². The Kier molecular flexibility index (Phi) is 7.48. The maximum absolute atomic E-state index is 12.8. The molecule has 7 heteroatoms. The Bertz CT molecular complexity index is 976. The van der Waals surface area contributed by atoms with Gasteiger partial charge in [0, 0.05) is 30.9 Å². The lowest BCUT2D eigenvalue weighted by Crippen LogP contribution is -3.00. The van der Waals surface area contributed by atoms with E-state index in [0.717, 1.165) is 47.8 Å². The van der Waals surface area contributed by atoms with Crippen LogP contribution in [0.4, 0.5) is 0 Å². The monoisotopic (exact) mass is 441 g/mol. The molecule has 30 heavy (non-hydrogen) atoms. The van der Waals surface area contributed by atoms with Crippen molar-refractivity contribution in [2.24, 2.45) is 0 Å². The number of hydrogen-bond acceptors (Lipinski definition) is 4. The van der Waals surface area contributed by atoms with E-state index in [1.165, 1.54) is 0 Å². The van der Waals surface area contributed by atoms with Gasteiger partial charge in [0.2, 0.25) is 5.91 Å². The van der Waals surface area contributed by atoms with Crippen molar-refractivity contribution in [2.45, 2.75) is 18.9 Å². The lowest BCUT2D eigenvalue weighted by Gasteiger charge is -2.34. The summed E-state index contributed by atoms with van der Waals surface area (Å²) in [5, 5.41) is 6.83. The maximum Gasteiger partial charge on any atom is 0.246 e. The van der Waals surface area contributed by atoms with Crippen LogP contribution >= 0.6 is 11.3 Å². The fourth-order valence-electron chi connectivity index (χ4n) is 3.67. The summed E-state index contributed by atoms with van der Waals surface area (Å²) in [4.78, 5) is 18.1. The van der Waals surface area contributed by atoms with Gasteiger partial charge in [-0.15, -0.1) is 11.3 Å². The second-order valence-corrected chi connectivity index (χ2v) is 8.46. The number of para-hydroxylation sites is 1. The highest BCUT2D eigenvalue weighted by molar-refractivity contribution is 7.13. The van der Waals surface area contributed by atoms with Gasteiger partial charge in [-0.05, 0) is 62.6 Å². The molecule has 2 aromatic heterocycles. The second-order valence-electron chi connectivity index (χ2n) is 7.51. The molecule has 1 saturated heterocycles. The van der Waals surface area contributed by atoms with Crippen molar-refractivity contribution in [3.63, 3.8) is 0 Å². The summed E-state index contributed by atoms with van der Waals surface area (Å²) in [6, 6.07) is 14.4. The van der Waals surface area contributed by atoms with Crippen LogP contribution < -0.4 is 12.4 Å². The number of carbonyl (C=O) groups is 1. The molecule has 0 aliphatic carbocycles. The number of carbonyl (C=O) groups excluding carboxylic acids is 1. The first-order valence-electron chi connectivity index (χ1n) is 9.94. The SMILES string of the molecule is CN1CCC(N(C)C(=O)/C=C/c2cn(-c3ccccc3)nc2-c2cccs2)CC1.[Cl-]. The van der Waals surface area contributed by atoms with E-state index >= 15 is 0 Å². The molecule has 1 aromatic carbocycles. The van der Waals surface area contributed by atoms with Crippen molar-refractivity contribution in [2.75, 3.05) is 27.2 Å². The van der Waals surface area contributed by atoms with Gasteiger partial charge in [0.1, 0.15) is 5.69 Å². The maximum atomic E-state index is 12.8. The molecule has 4 rings (SSSR count). The highest BCUT2D eigenvalue weighted by atomic mass is 35.5. The second kappa shape index (κ2) is 10.1. The predicted octanol–water partition coefficient (Wildman–Crippen LogP) is 1.17. The Balaban J connectivity index is 0.00000256. The van der Waals surface area contributed by atoms with E-state index in [4.69, 9.17) is 5.10 Å². The van der Waals surface area contributed by atoms with Gasteiger partial charge in [-0.25, -0.2) is 4.68 Å². The van der Waals surface area contributed by atoms with Crippen LogP contribution in [0.3, 0.4) is 0 Å². The van der Waals surface area contributed by atoms with E-state index in [2.05, 4.69) is 18.0 Å². The zero-order valence-corrected chi connectivity index (χ0v) is 18.8. The topological polar surface area (TPSA) is 41.4 Å². The number of benzene rings is 1. The van der Waals surface area contributed by atoms with Gasteiger partial charge in [-0.2, -0.15) is 5.10 Å². The molecule has 0 radical (unpaired) electrons. The quantitative estimate of drug-likeness (QED) is 0.558. The minimum atomic E-state index is 0. The molecule has 0 atom stereocenters. The van der Waals surface area contributed by atoms with Crippen LogP contribution in [0.15, 0.2) is 60.1 Å². The molecule has 0 bridgehead atoms. The van der Waals surface area contributed by atoms with Gasteiger partial charge < -0.3 is 22.2 Å². The Labute approximate surface area is 188 Å². The third kappa shape index (κ3) is 5.01. The van der Waals surface area contributed by atoms with Crippen LogP contribution in [0, 0.1) is 0 Å². The molecule has 3 aromatic rings. The van der Waals surface area contributed by atoms with Crippen molar-refractivity contribution in [3.8, 4) is 16.3 Å². The fourth-order valence-corrected chi connectivity index (χ4v) is 4.40. The zero-order valence-electron chi connectivity index (χ0n) is 17.2. The number of rotatable bonds is 5. The molecule has 0 N–H and O–H groups in total. The van der Waals surface area contributed by atoms with Crippen molar-refractivity contribution in [1.82, 2.24) is 19.6 Å². The van der Waals surface area contributed by atoms with Gasteiger partial charge >= 0.3 is 0 Å². The van der Waals surface area contributed by atoms with E-state index < -0.39 is 0 Å². The summed E-state index contributed by atoms with van der Waals surface area (Å²) >= 11 is 1.65. The smallest absolute Gasteiger partial charge is 0.246 e. The summed E-state index contributed by atoms with van der Waals surface area (Å²) < 4.78 is 1.87. The van der Waals surface area contributed by atoms with E-state index in [1.54, 1.807) is 17.4 Å². The summed E-state index contributed by atoms with van der Waals surface area (Å²) in [7, 11) is 4.05. The summed E-state index contributed by atoms with van der Waals surface area (Å²) in [5.74, 6) is 0.0455. The van der Waals surface area contributed by atoms with Gasteiger partial charge in [-0.3, -0.25) is 4.79 Å². The molecule has 1 aliphatic heterocycles. The van der Waals surface area contributed by atoms with E-state index in [1.807, 2.05) is 70.7 Å². The molecule has 1 amide bonds. The zero-order chi connectivity index (χ0) is 20.2. The summed E-state index contributed by atoms with van der Waals surface area (Å²) in [6.45, 7) is 2.08. The first-order valence-corrected chi connectivity index (χ1v) is 10.8. The van der Waals surface area contributed by atoms with Crippen molar-refractivity contribution in [1.29, 1.82) is 0 Å². The van der Waals surface area contributed by atoms with Crippen molar-refractivity contribution < 1.29 is 17.2 Å². The minimum Gasteiger partial charge on any atom is -1.00 e. The third-order valence-electron chi connectivity index (χ3n) is 5.51. The highest BCUT2D eigenvalue weighted by Gasteiger charge is 2.22. The Morgan fingerprint density at radius 1 is 1.17 bits per heavy atom. The number of amides is 1. The summed E-state index contributed by atoms with van der Waals surface area (Å²) in [6.07, 6.45) is 7.62. The molecule has 158 valence electrons. The van der Waals surface area contributed by atoms with E-state index in [9.17, 15) is 4.79 Å². The molecule has 0 unspecified atom stereocenters. The number of nitrogens with zero attached hydrogens (tertiary/aromatic N) is 4. The van der Waals surface area contributed by atoms with Gasteiger partial charge in [0.15, 0.2) is 0 Å². The molecular formula is C23H26ClN4OS-. The van der Waals surface area contributed by atoms with Gasteiger partial charge in [0.05, 0.1) is 10.6 Å². The first kappa shape index (κ1) is 22.3. The molecule has 3 heterocycles. The fraction of sp³-hybridized carbons (Fsp3) is 0.304. The molecule has 0 spiro atoms. The number of piperidine rings is 1. The number of halogens is 1. The molecule has 1 fully saturated rings. The standard InChI is InChI=1S/C23H26N4OS.ClH/c1-25-14-12-19(13-15-25)26(2)22(28)11-10-18-17-27(20-7-4-3-5-8-20)24-23(18)21-9-6-16-29-21;/h3-11,16-17,19H,12-15H2,1-2H3;1H/p-1/b11-10+;. The average molecular weight is 442 g/mol. The lowest BCUT2D eigenvalue weighted by molar-refractivity contribution is -0.127. The molecule has 1 aliphatic rings. The number of thiophene rings is 1. The minimum absolute atomic E-state index is 0. The average Bonchev–Trinajstić information content (AvgIpc) is 3.42.